The van der Waals surface area contributed by atoms with Crippen LogP contribution in [0.1, 0.15) is 13.8 Å². The second-order valence-electron chi connectivity index (χ2n) is 1.34. The van der Waals surface area contributed by atoms with E-state index in [1.54, 1.807) is 0 Å². The number of nitrogens with zero attached hydrogens (tertiary/aromatic N) is 2. The number of hydrogen-bond acceptors (Lipinski definition) is 2. The molecule has 0 aromatic carbocycles. The van der Waals surface area contributed by atoms with Crippen molar-refractivity contribution in [1.29, 1.82) is 0 Å². The Hall–Kier alpha value is -0.800. The molecule has 0 amide bonds. The van der Waals surface area contributed by atoms with Crippen LogP contribution in [0.15, 0.2) is 10.4 Å². The average Bonchev–Trinajstić information content (AvgIpc) is 1.84. The lowest BCUT2D eigenvalue weighted by molar-refractivity contribution is 0.530. The zero-order valence-electron chi connectivity index (χ0n) is 4.65. The topological polar surface area (TPSA) is 24.7 Å². The van der Waals surface area contributed by atoms with Crippen LogP contribution in [0, 0.1) is 0 Å². The lowest BCUT2D eigenvalue weighted by Crippen LogP contribution is -2.02. The van der Waals surface area contributed by atoms with Crippen molar-refractivity contribution in [3.63, 3.8) is 0 Å². The molecule has 0 N–H and O–H groups in total. The second kappa shape index (κ2) is 3.23. The number of rotatable bonds is 1. The highest BCUT2D eigenvalue weighted by Gasteiger charge is 1.94. The van der Waals surface area contributed by atoms with Crippen LogP contribution < -0.4 is 0 Å². The molecule has 0 saturated carbocycles. The van der Waals surface area contributed by atoms with Crippen molar-refractivity contribution in [2.24, 2.45) is 10.4 Å². The van der Waals surface area contributed by atoms with Gasteiger partial charge in [0.05, 0.1) is 11.4 Å². The molecule has 0 rings (SSSR count). The van der Waals surface area contributed by atoms with E-state index >= 15 is 0 Å². The molecular weight excluding hydrogens is 114 g/mol. The predicted molar refractivity (Wildman–Crippen MR) is 28.4 cm³/mol. The summed E-state index contributed by atoms with van der Waals surface area (Å²) in [5.74, 6) is 0. The van der Waals surface area contributed by atoms with Gasteiger partial charge in [-0.3, -0.25) is 0 Å². The van der Waals surface area contributed by atoms with Gasteiger partial charge in [0.15, 0.2) is 0 Å². The molecule has 0 aliphatic rings. The van der Waals surface area contributed by atoms with Gasteiger partial charge >= 0.3 is 0 Å². The minimum absolute atomic E-state index is 0.0347. The van der Waals surface area contributed by atoms with Crippen molar-refractivity contribution in [2.75, 3.05) is 0 Å². The molecule has 0 aliphatic heterocycles. The van der Waals surface area contributed by atoms with Crippen molar-refractivity contribution in [2.45, 2.75) is 13.8 Å². The molecule has 0 aliphatic carbocycles. The first-order valence-corrected chi connectivity index (χ1v) is 2.04. The van der Waals surface area contributed by atoms with Gasteiger partial charge in [-0.1, -0.05) is 19.4 Å². The molecule has 0 aromatic heterocycles. The van der Waals surface area contributed by atoms with E-state index in [1.165, 1.54) is 13.8 Å². The predicted octanol–water partition coefficient (Wildman–Crippen LogP) is 1.68. The Kier molecular flexibility index (Phi) is 2.91. The van der Waals surface area contributed by atoms with Crippen LogP contribution in [-0.4, -0.2) is 11.4 Å². The molecule has 0 saturated heterocycles. The third-order valence-electron chi connectivity index (χ3n) is 0.777. The monoisotopic (exact) mass is 120 g/mol. The molecule has 0 fully saturated rings. The Morgan fingerprint density at radius 2 is 1.25 bits per heavy atom. The summed E-state index contributed by atoms with van der Waals surface area (Å²) >= 11 is 0. The Morgan fingerprint density at radius 3 is 1.38 bits per heavy atom. The Labute approximate surface area is 45.8 Å². The van der Waals surface area contributed by atoms with Crippen LogP contribution in [0.3, 0.4) is 0 Å². The van der Waals surface area contributed by atoms with Crippen LogP contribution in [0.4, 0.5) is 8.96 Å². The van der Waals surface area contributed by atoms with Crippen molar-refractivity contribution in [1.82, 2.24) is 0 Å². The maximum atomic E-state index is 11.2. The van der Waals surface area contributed by atoms with Crippen molar-refractivity contribution < 1.29 is 8.96 Å². The molecule has 4 heteroatoms. The smallest absolute Gasteiger partial charge is 0.0904 e. The van der Waals surface area contributed by atoms with E-state index in [1.807, 2.05) is 0 Å². The summed E-state index contributed by atoms with van der Waals surface area (Å²) in [5.41, 5.74) is -0.0694. The molecule has 8 heavy (non-hydrogen) atoms. The summed E-state index contributed by atoms with van der Waals surface area (Å²) in [7, 11) is 0. The maximum absolute atomic E-state index is 11.2. The van der Waals surface area contributed by atoms with Gasteiger partial charge in [-0.25, -0.2) is 0 Å². The Bertz CT molecular complexity index is 112. The lowest BCUT2D eigenvalue weighted by atomic mass is 10.3. The Balaban J connectivity index is 4.04. The molecule has 0 bridgehead atoms. The summed E-state index contributed by atoms with van der Waals surface area (Å²) in [6.45, 7) is 2.66. The summed E-state index contributed by atoms with van der Waals surface area (Å²) in [6, 6.07) is 0. The highest BCUT2D eigenvalue weighted by atomic mass is 19.2. The van der Waals surface area contributed by atoms with Crippen LogP contribution in [0.5, 0.6) is 0 Å². The zero-order valence-corrected chi connectivity index (χ0v) is 4.65. The fraction of sp³-hybridized carbons (Fsp3) is 0.500. The van der Waals surface area contributed by atoms with Crippen LogP contribution in [0.25, 0.3) is 0 Å². The molecule has 0 spiro atoms. The van der Waals surface area contributed by atoms with Crippen molar-refractivity contribution in [3.8, 4) is 0 Å². The number of halogens is 2. The van der Waals surface area contributed by atoms with Crippen LogP contribution in [0.2, 0.25) is 0 Å². The van der Waals surface area contributed by atoms with Crippen LogP contribution >= 0.6 is 0 Å². The van der Waals surface area contributed by atoms with Gasteiger partial charge in [-0.15, -0.1) is 0 Å². The summed E-state index contributed by atoms with van der Waals surface area (Å²) in [6.07, 6.45) is 0. The standard InChI is InChI=1S/C4H6F2N2/c1-3(7-5)4(2)8-6/h1-2H3/b7-3+,8-4+. The zero-order chi connectivity index (χ0) is 6.57. The summed E-state index contributed by atoms with van der Waals surface area (Å²) in [4.78, 5) is 0. The first-order chi connectivity index (χ1) is 3.72. The second-order valence-corrected chi connectivity index (χ2v) is 1.34. The minimum atomic E-state index is -0.0347. The summed E-state index contributed by atoms with van der Waals surface area (Å²) in [5, 5.41) is 4.41. The average molecular weight is 120 g/mol. The van der Waals surface area contributed by atoms with Gasteiger partial charge in [-0.05, 0) is 13.8 Å². The molecule has 0 aromatic rings. The molecular formula is C4H6F2N2. The van der Waals surface area contributed by atoms with E-state index < -0.39 is 0 Å². The summed E-state index contributed by atoms with van der Waals surface area (Å²) < 4.78 is 22.3. The molecule has 2 nitrogen and oxygen atoms in total. The van der Waals surface area contributed by atoms with Gasteiger partial charge in [0.2, 0.25) is 0 Å². The molecule has 0 atom stereocenters. The third-order valence-corrected chi connectivity index (χ3v) is 0.777. The van der Waals surface area contributed by atoms with Crippen molar-refractivity contribution in [3.05, 3.63) is 0 Å². The van der Waals surface area contributed by atoms with E-state index in [0.717, 1.165) is 0 Å². The van der Waals surface area contributed by atoms with Gasteiger partial charge in [0.1, 0.15) is 0 Å². The van der Waals surface area contributed by atoms with E-state index in [9.17, 15) is 8.96 Å². The van der Waals surface area contributed by atoms with E-state index in [0.29, 0.717) is 0 Å². The van der Waals surface area contributed by atoms with E-state index in [4.69, 9.17) is 0 Å². The molecule has 46 valence electrons. The number of hydrogen-bond donors (Lipinski definition) is 0. The van der Waals surface area contributed by atoms with Gasteiger partial charge in [-0.2, -0.15) is 0 Å². The highest BCUT2D eigenvalue weighted by Crippen LogP contribution is 1.84. The van der Waals surface area contributed by atoms with E-state index in [-0.39, 0.29) is 11.4 Å². The minimum Gasteiger partial charge on any atom is -0.0904 e. The Morgan fingerprint density at radius 1 is 1.00 bits per heavy atom. The first-order valence-electron chi connectivity index (χ1n) is 2.04. The molecule has 0 radical (unpaired) electrons. The molecule has 0 heterocycles. The van der Waals surface area contributed by atoms with Gasteiger partial charge in [0, 0.05) is 0 Å². The first kappa shape index (κ1) is 7.20. The highest BCUT2D eigenvalue weighted by molar-refractivity contribution is 6.40. The van der Waals surface area contributed by atoms with Crippen LogP contribution in [-0.2, 0) is 0 Å². The fourth-order valence-corrected chi connectivity index (χ4v) is 0.122. The SMILES string of the molecule is CC(=N\F)/C(C)=N/F. The van der Waals surface area contributed by atoms with Gasteiger partial charge < -0.3 is 0 Å². The molecule has 0 unspecified atom stereocenters. The maximum Gasteiger partial charge on any atom is 0.0940 e. The fourth-order valence-electron chi connectivity index (χ4n) is 0.122. The van der Waals surface area contributed by atoms with Crippen molar-refractivity contribution >= 4 is 11.4 Å². The third kappa shape index (κ3) is 1.77. The lowest BCUT2D eigenvalue weighted by Gasteiger charge is -1.86. The van der Waals surface area contributed by atoms with E-state index in [2.05, 4.69) is 10.4 Å². The van der Waals surface area contributed by atoms with Gasteiger partial charge in [0.25, 0.3) is 0 Å². The quantitative estimate of drug-likeness (QED) is 0.470. The largest absolute Gasteiger partial charge is 0.0940 e. The normalized spacial score (nSPS) is 14.5.